The summed E-state index contributed by atoms with van der Waals surface area (Å²) in [7, 11) is 0. The molecule has 1 saturated carbocycles. The highest BCUT2D eigenvalue weighted by atomic mass is 19.1. The number of carbonyl (C=O) groups is 1. The zero-order chi connectivity index (χ0) is 14.6. The number of carbonyl (C=O) groups excluding carboxylic acids is 1. The fourth-order valence-electron chi connectivity index (χ4n) is 3.02. The molecule has 4 heteroatoms. The fourth-order valence-corrected chi connectivity index (χ4v) is 3.02. The van der Waals surface area contributed by atoms with Crippen LogP contribution in [0.3, 0.4) is 0 Å². The predicted octanol–water partition coefficient (Wildman–Crippen LogP) is 3.37. The number of anilines is 1. The quantitative estimate of drug-likeness (QED) is 0.887. The van der Waals surface area contributed by atoms with Gasteiger partial charge in [-0.05, 0) is 49.4 Å². The van der Waals surface area contributed by atoms with Crippen molar-refractivity contribution in [3.05, 3.63) is 29.6 Å². The molecule has 0 radical (unpaired) electrons. The number of hydrogen-bond acceptors (Lipinski definition) is 2. The summed E-state index contributed by atoms with van der Waals surface area (Å²) in [4.78, 5) is 12.2. The third kappa shape index (κ3) is 3.57. The van der Waals surface area contributed by atoms with Crippen LogP contribution in [-0.2, 0) is 4.79 Å². The zero-order valence-electron chi connectivity index (χ0n) is 12.0. The van der Waals surface area contributed by atoms with Crippen LogP contribution in [0.15, 0.2) is 18.2 Å². The van der Waals surface area contributed by atoms with E-state index in [1.807, 2.05) is 6.92 Å². The van der Waals surface area contributed by atoms with Gasteiger partial charge in [-0.1, -0.05) is 25.3 Å². The monoisotopic (exact) mass is 278 g/mol. The summed E-state index contributed by atoms with van der Waals surface area (Å²) in [5.74, 6) is -0.400. The number of halogens is 1. The number of aryl methyl sites for hydroxylation is 1. The molecule has 1 aromatic carbocycles. The van der Waals surface area contributed by atoms with Crippen LogP contribution >= 0.6 is 0 Å². The molecule has 0 saturated heterocycles. The Hall–Kier alpha value is -1.42. The molecule has 3 N–H and O–H groups in total. The highest BCUT2D eigenvalue weighted by Gasteiger charge is 2.33. The Morgan fingerprint density at radius 3 is 2.70 bits per heavy atom. The Balaban J connectivity index is 2.02. The normalized spacial score (nSPS) is 17.8. The molecular formula is C16H23FN2O. The maximum Gasteiger partial charge on any atom is 0.224 e. The van der Waals surface area contributed by atoms with E-state index in [4.69, 9.17) is 5.73 Å². The molecule has 2 rings (SSSR count). The van der Waals surface area contributed by atoms with Crippen molar-refractivity contribution in [3.63, 3.8) is 0 Å². The summed E-state index contributed by atoms with van der Waals surface area (Å²) >= 11 is 0. The number of benzene rings is 1. The van der Waals surface area contributed by atoms with Crippen LogP contribution in [0.25, 0.3) is 0 Å². The number of rotatable bonds is 4. The van der Waals surface area contributed by atoms with Crippen LogP contribution < -0.4 is 11.1 Å². The Labute approximate surface area is 119 Å². The van der Waals surface area contributed by atoms with Crippen molar-refractivity contribution in [3.8, 4) is 0 Å². The van der Waals surface area contributed by atoms with Crippen LogP contribution in [0.2, 0.25) is 0 Å². The molecule has 1 fully saturated rings. The predicted molar refractivity (Wildman–Crippen MR) is 79.0 cm³/mol. The minimum atomic E-state index is -0.336. The number of hydrogen-bond donors (Lipinski definition) is 2. The molecule has 1 amide bonds. The van der Waals surface area contributed by atoms with Crippen molar-refractivity contribution in [1.82, 2.24) is 0 Å². The molecule has 1 aromatic rings. The topological polar surface area (TPSA) is 55.1 Å². The van der Waals surface area contributed by atoms with Crippen molar-refractivity contribution in [1.29, 1.82) is 0 Å². The average Bonchev–Trinajstić information content (AvgIpc) is 2.44. The lowest BCUT2D eigenvalue weighted by Crippen LogP contribution is -2.36. The Kier molecular flexibility index (Phi) is 4.76. The highest BCUT2D eigenvalue weighted by Crippen LogP contribution is 2.38. The first kappa shape index (κ1) is 15.0. The summed E-state index contributed by atoms with van der Waals surface area (Å²) in [6.45, 7) is 2.40. The van der Waals surface area contributed by atoms with E-state index in [2.05, 4.69) is 5.32 Å². The minimum absolute atomic E-state index is 0.0638. The molecular weight excluding hydrogens is 255 g/mol. The van der Waals surface area contributed by atoms with E-state index >= 15 is 0 Å². The van der Waals surface area contributed by atoms with Crippen LogP contribution in [0.4, 0.5) is 10.1 Å². The van der Waals surface area contributed by atoms with Crippen molar-refractivity contribution in [2.75, 3.05) is 11.9 Å². The molecule has 1 aliphatic carbocycles. The Bertz CT molecular complexity index is 481. The maximum atomic E-state index is 13.2. The summed E-state index contributed by atoms with van der Waals surface area (Å²) in [6, 6.07) is 4.43. The molecule has 0 atom stereocenters. The van der Waals surface area contributed by atoms with Gasteiger partial charge in [0.15, 0.2) is 0 Å². The highest BCUT2D eigenvalue weighted by molar-refractivity contribution is 5.91. The van der Waals surface area contributed by atoms with Gasteiger partial charge in [0.25, 0.3) is 0 Å². The summed E-state index contributed by atoms with van der Waals surface area (Å²) in [5.41, 5.74) is 7.25. The molecule has 0 aliphatic heterocycles. The number of nitrogens with one attached hydrogen (secondary N) is 1. The summed E-state index contributed by atoms with van der Waals surface area (Å²) < 4.78 is 13.2. The van der Waals surface area contributed by atoms with Crippen LogP contribution in [0.1, 0.15) is 44.1 Å². The molecule has 0 aromatic heterocycles. The van der Waals surface area contributed by atoms with E-state index in [0.717, 1.165) is 31.2 Å². The van der Waals surface area contributed by atoms with E-state index in [1.54, 1.807) is 6.07 Å². The first-order chi connectivity index (χ1) is 9.54. The lowest BCUT2D eigenvalue weighted by Gasteiger charge is -2.35. The molecule has 3 nitrogen and oxygen atoms in total. The second-order valence-electron chi connectivity index (χ2n) is 5.95. The standard InChI is InChI=1S/C16H23FN2O/c1-12-5-6-13(17)9-14(12)19-15(20)10-16(11-18)7-3-2-4-8-16/h5-6,9H,2-4,7-8,10-11,18H2,1H3,(H,19,20). The molecule has 20 heavy (non-hydrogen) atoms. The average molecular weight is 278 g/mol. The van der Waals surface area contributed by atoms with E-state index in [0.29, 0.717) is 18.7 Å². The van der Waals surface area contributed by atoms with Gasteiger partial charge in [0.2, 0.25) is 5.91 Å². The molecule has 1 aliphatic rings. The summed E-state index contributed by atoms with van der Waals surface area (Å²) in [6.07, 6.45) is 5.97. The van der Waals surface area contributed by atoms with Gasteiger partial charge in [0.05, 0.1) is 0 Å². The lowest BCUT2D eigenvalue weighted by molar-refractivity contribution is -0.118. The molecule has 0 bridgehead atoms. The van der Waals surface area contributed by atoms with E-state index in [-0.39, 0.29) is 17.1 Å². The summed E-state index contributed by atoms with van der Waals surface area (Å²) in [5, 5.41) is 2.82. The third-order valence-electron chi connectivity index (χ3n) is 4.36. The second kappa shape index (κ2) is 6.35. The van der Waals surface area contributed by atoms with Crippen molar-refractivity contribution in [2.24, 2.45) is 11.1 Å². The first-order valence-corrected chi connectivity index (χ1v) is 7.31. The van der Waals surface area contributed by atoms with Gasteiger partial charge in [-0.2, -0.15) is 0 Å². The van der Waals surface area contributed by atoms with E-state index in [9.17, 15) is 9.18 Å². The molecule has 0 heterocycles. The smallest absolute Gasteiger partial charge is 0.224 e. The van der Waals surface area contributed by atoms with Gasteiger partial charge in [-0.15, -0.1) is 0 Å². The van der Waals surface area contributed by atoms with Crippen molar-refractivity contribution >= 4 is 11.6 Å². The Morgan fingerprint density at radius 2 is 2.05 bits per heavy atom. The van der Waals surface area contributed by atoms with Gasteiger partial charge in [-0.25, -0.2) is 4.39 Å². The lowest BCUT2D eigenvalue weighted by atomic mass is 9.71. The Morgan fingerprint density at radius 1 is 1.35 bits per heavy atom. The zero-order valence-corrected chi connectivity index (χ0v) is 12.0. The molecule has 0 unspecified atom stereocenters. The number of nitrogens with two attached hydrogens (primary N) is 1. The van der Waals surface area contributed by atoms with Crippen molar-refractivity contribution < 1.29 is 9.18 Å². The van der Waals surface area contributed by atoms with Gasteiger partial charge in [0, 0.05) is 12.1 Å². The minimum Gasteiger partial charge on any atom is -0.330 e. The van der Waals surface area contributed by atoms with Gasteiger partial charge < -0.3 is 11.1 Å². The van der Waals surface area contributed by atoms with Gasteiger partial charge in [0.1, 0.15) is 5.82 Å². The van der Waals surface area contributed by atoms with E-state index in [1.165, 1.54) is 18.6 Å². The molecule has 110 valence electrons. The second-order valence-corrected chi connectivity index (χ2v) is 5.95. The van der Waals surface area contributed by atoms with Crippen LogP contribution in [0.5, 0.6) is 0 Å². The SMILES string of the molecule is Cc1ccc(F)cc1NC(=O)CC1(CN)CCCCC1. The maximum absolute atomic E-state index is 13.2. The van der Waals surface area contributed by atoms with Crippen LogP contribution in [0, 0.1) is 18.2 Å². The fraction of sp³-hybridized carbons (Fsp3) is 0.562. The van der Waals surface area contributed by atoms with Crippen LogP contribution in [-0.4, -0.2) is 12.5 Å². The van der Waals surface area contributed by atoms with Gasteiger partial charge in [-0.3, -0.25) is 4.79 Å². The molecule has 0 spiro atoms. The van der Waals surface area contributed by atoms with Crippen molar-refractivity contribution in [2.45, 2.75) is 45.4 Å². The third-order valence-corrected chi connectivity index (χ3v) is 4.36. The first-order valence-electron chi connectivity index (χ1n) is 7.31. The van der Waals surface area contributed by atoms with E-state index < -0.39 is 0 Å². The van der Waals surface area contributed by atoms with Gasteiger partial charge >= 0.3 is 0 Å². The number of amides is 1. The largest absolute Gasteiger partial charge is 0.330 e.